The second-order valence-electron chi connectivity index (χ2n) is 36.5. The van der Waals surface area contributed by atoms with Crippen LogP contribution in [0.25, 0.3) is 17.3 Å². The number of ether oxygens (including phenoxy) is 2. The van der Waals surface area contributed by atoms with Crippen LogP contribution in [0.5, 0.6) is 23.0 Å². The van der Waals surface area contributed by atoms with E-state index in [9.17, 15) is 39.9 Å². The number of unbranched alkanes of at least 4 members (excludes halogenated alkanes) is 52. The number of rotatable bonds is 73. The topological polar surface area (TPSA) is 196 Å². The van der Waals surface area contributed by atoms with Crippen molar-refractivity contribution in [2.45, 2.75) is 387 Å². The first kappa shape index (κ1) is 121. The third-order valence-electron chi connectivity index (χ3n) is 24.5. The van der Waals surface area contributed by atoms with Crippen molar-refractivity contribution < 1.29 is 85.0 Å². The van der Waals surface area contributed by atoms with Gasteiger partial charge in [0.1, 0.15) is 40.3 Å². The van der Waals surface area contributed by atoms with Crippen molar-refractivity contribution in [2.75, 3.05) is 26.3 Å². The fourth-order valence-electron chi connectivity index (χ4n) is 16.0. The standard InChI is InChI=1S/2C39H71NO2.3C15H12O2.La/c2*1-3-5-7-9-11-13-15-17-18-19-20-21-23-25-27-29-33-40-36-37-31-32-38(35-39(37)41)42-34-30-28-26-24-22-16-14-12-10-8-6-4-2;3*16-14(12-7-3-1-4-8-12)11-15(17)13-9-5-2-6-10-13;/h2*31-32,35-36,41H,3-30,33-34H2,1-2H3;3*1-11,16H;/b;;3*14-11+;. The number of hydrogen-bond donors (Lipinski definition) is 5. The molecule has 0 heterocycles. The molecule has 0 aliphatic rings. The number of aliphatic hydroxyl groups is 3. The number of phenolic OH excluding ortho intramolecular Hbond substituents is 2. The molecule has 8 aromatic carbocycles. The normalized spacial score (nSPS) is 11.3. The number of ketones is 3. The smallest absolute Gasteiger partial charge is 0.189 e. The van der Waals surface area contributed by atoms with Gasteiger partial charge in [-0.15, -0.1) is 0 Å². The molecule has 0 aromatic heterocycles. The summed E-state index contributed by atoms with van der Waals surface area (Å²) >= 11 is 0. The first-order valence-corrected chi connectivity index (χ1v) is 53.4. The molecule has 13 heteroatoms. The van der Waals surface area contributed by atoms with E-state index < -0.39 is 0 Å². The number of carbonyl (C=O) groups is 3. The van der Waals surface area contributed by atoms with Gasteiger partial charge in [0.15, 0.2) is 17.3 Å². The quantitative estimate of drug-likeness (QED) is 0.00805. The van der Waals surface area contributed by atoms with Crippen LogP contribution in [0.4, 0.5) is 0 Å². The van der Waals surface area contributed by atoms with Crippen molar-refractivity contribution in [2.24, 2.45) is 9.98 Å². The van der Waals surface area contributed by atoms with Gasteiger partial charge in [-0.05, 0) is 49.9 Å². The molecule has 0 aliphatic heterocycles. The average Bonchev–Trinajstić information content (AvgIpc) is 0.882. The van der Waals surface area contributed by atoms with Crippen molar-refractivity contribution >= 4 is 47.1 Å². The van der Waals surface area contributed by atoms with Crippen LogP contribution in [0.15, 0.2) is 247 Å². The summed E-state index contributed by atoms with van der Waals surface area (Å²) in [5, 5.41) is 50.1. The summed E-state index contributed by atoms with van der Waals surface area (Å²) in [5.41, 5.74) is 5.17. The molecule has 0 aliphatic carbocycles. The Kier molecular flexibility index (Phi) is 78.1. The number of hydrogen-bond acceptors (Lipinski definition) is 12. The predicted octanol–water partition coefficient (Wildman–Crippen LogP) is 36.7. The summed E-state index contributed by atoms with van der Waals surface area (Å²) in [4.78, 5) is 44.5. The van der Waals surface area contributed by atoms with Gasteiger partial charge in [-0.25, -0.2) is 0 Å². The molecule has 136 heavy (non-hydrogen) atoms. The van der Waals surface area contributed by atoms with Crippen LogP contribution in [0.3, 0.4) is 0 Å². The molecule has 0 atom stereocenters. The summed E-state index contributed by atoms with van der Waals surface area (Å²) in [6.45, 7) is 12.3. The average molecular weight is 1980 g/mol. The zero-order valence-corrected chi connectivity index (χ0v) is 88.5. The van der Waals surface area contributed by atoms with Crippen LogP contribution >= 0.6 is 0 Å². The number of nitrogens with zero attached hydrogens (tertiary/aromatic N) is 2. The van der Waals surface area contributed by atoms with E-state index in [1.807, 2.05) is 109 Å². The summed E-state index contributed by atoms with van der Waals surface area (Å²) in [7, 11) is 0. The van der Waals surface area contributed by atoms with Crippen LogP contribution in [0.2, 0.25) is 0 Å². The first-order valence-electron chi connectivity index (χ1n) is 53.4. The Morgan fingerprint density at radius 1 is 0.235 bits per heavy atom. The van der Waals surface area contributed by atoms with Gasteiger partial charge >= 0.3 is 0 Å². The monoisotopic (exact) mass is 1980 g/mol. The molecular formula is C123H178LaN2O10. The molecule has 0 bridgehead atoms. The van der Waals surface area contributed by atoms with Gasteiger partial charge in [-0.2, -0.15) is 0 Å². The molecule has 8 rings (SSSR count). The van der Waals surface area contributed by atoms with Crippen LogP contribution in [0.1, 0.15) is 446 Å². The molecule has 0 fully saturated rings. The zero-order chi connectivity index (χ0) is 96.6. The molecule has 0 amide bonds. The van der Waals surface area contributed by atoms with Crippen LogP contribution in [-0.4, -0.2) is 81.6 Å². The van der Waals surface area contributed by atoms with Crippen LogP contribution in [-0.2, 0) is 0 Å². The van der Waals surface area contributed by atoms with Crippen molar-refractivity contribution in [3.63, 3.8) is 0 Å². The summed E-state index contributed by atoms with van der Waals surface area (Å²) in [5.74, 6) is 1.39. The second-order valence-corrected chi connectivity index (χ2v) is 36.5. The Hall–Kier alpha value is -8.88. The molecule has 1 radical (unpaired) electrons. The van der Waals surface area contributed by atoms with E-state index in [0.717, 1.165) is 74.6 Å². The number of aliphatic hydroxyl groups excluding tert-OH is 3. The van der Waals surface area contributed by atoms with Gasteiger partial charge in [0, 0.05) is 136 Å². The van der Waals surface area contributed by atoms with E-state index >= 15 is 0 Å². The largest absolute Gasteiger partial charge is 0.507 e. The zero-order valence-electron chi connectivity index (χ0n) is 84.8. The molecule has 12 nitrogen and oxygen atoms in total. The van der Waals surface area contributed by atoms with E-state index in [1.54, 1.807) is 121 Å². The minimum absolute atomic E-state index is 0. The minimum atomic E-state index is -0.202. The molecule has 5 N–H and O–H groups in total. The second kappa shape index (κ2) is 87.6. The molecule has 743 valence electrons. The molecule has 8 aromatic rings. The summed E-state index contributed by atoms with van der Waals surface area (Å²) in [6.07, 6.45) is 84.1. The number of phenols is 2. The maximum absolute atomic E-state index is 11.8. The van der Waals surface area contributed by atoms with E-state index in [2.05, 4.69) is 37.7 Å². The summed E-state index contributed by atoms with van der Waals surface area (Å²) < 4.78 is 11.7. The van der Waals surface area contributed by atoms with Gasteiger partial charge < -0.3 is 35.0 Å². The Morgan fingerprint density at radius 3 is 0.603 bits per heavy atom. The van der Waals surface area contributed by atoms with Crippen molar-refractivity contribution in [1.29, 1.82) is 0 Å². The van der Waals surface area contributed by atoms with Gasteiger partial charge in [0.2, 0.25) is 0 Å². The Balaban J connectivity index is 0.000000465. The third kappa shape index (κ3) is 65.8. The number of allylic oxidation sites excluding steroid dienone is 3. The Bertz CT molecular complexity index is 3940. The number of aromatic hydroxyl groups is 2. The molecular weight excluding hydrogens is 1800 g/mol. The van der Waals surface area contributed by atoms with Gasteiger partial charge in [0.05, 0.1) is 13.2 Å². The van der Waals surface area contributed by atoms with Gasteiger partial charge in [-0.1, -0.05) is 544 Å². The third-order valence-corrected chi connectivity index (χ3v) is 24.5. The molecule has 0 saturated heterocycles. The maximum Gasteiger partial charge on any atom is 0.189 e. The molecule has 0 unspecified atom stereocenters. The van der Waals surface area contributed by atoms with Gasteiger partial charge in [0.25, 0.3) is 0 Å². The van der Waals surface area contributed by atoms with Crippen molar-refractivity contribution in [3.05, 3.63) is 281 Å². The fourth-order valence-corrected chi connectivity index (χ4v) is 16.0. The van der Waals surface area contributed by atoms with Crippen molar-refractivity contribution in [3.8, 4) is 23.0 Å². The first-order chi connectivity index (χ1) is 66.4. The van der Waals surface area contributed by atoms with Crippen molar-refractivity contribution in [1.82, 2.24) is 0 Å². The SMILES string of the molecule is CCCCCCCCCCCCCCCCCCN=Cc1ccc(OCCCCCCCCCCCCCC)cc1O.CCCCCCCCCCCCCCCCCCN=Cc1ccc(OCCCCCCCCCCCCCC)cc1O.O=C(/C=C(/O)c1ccccc1)c1ccccc1.O=C(/C=C(/O)c1ccccc1)c1ccccc1.O=C(/C=C(/O)c1ccccc1)c1ccccc1.[La]. The Labute approximate surface area is 853 Å². The number of benzene rings is 8. The Morgan fingerprint density at radius 2 is 0.412 bits per heavy atom. The predicted molar refractivity (Wildman–Crippen MR) is 577 cm³/mol. The maximum atomic E-state index is 11.8. The molecule has 0 saturated carbocycles. The fraction of sp³-hybridized carbons (Fsp3) is 0.520. The van der Waals surface area contributed by atoms with E-state index in [-0.39, 0.29) is 81.7 Å². The minimum Gasteiger partial charge on any atom is -0.507 e. The van der Waals surface area contributed by atoms with Gasteiger partial charge in [-0.3, -0.25) is 24.4 Å². The number of carbonyl (C=O) groups excluding carboxylic acids is 3. The van der Waals surface area contributed by atoms with E-state index in [1.165, 1.54) is 352 Å². The van der Waals surface area contributed by atoms with E-state index in [4.69, 9.17) is 9.47 Å². The van der Waals surface area contributed by atoms with Crippen LogP contribution < -0.4 is 9.47 Å². The molecule has 0 spiro atoms. The van der Waals surface area contributed by atoms with E-state index in [0.29, 0.717) is 33.4 Å². The summed E-state index contributed by atoms with van der Waals surface area (Å²) in [6, 6.07) is 64.8. The number of aliphatic imine (C=N–C) groups is 2. The van der Waals surface area contributed by atoms with Crippen LogP contribution in [0, 0.1) is 35.6 Å².